The van der Waals surface area contributed by atoms with Crippen LogP contribution in [0.15, 0.2) is 36.4 Å². The van der Waals surface area contributed by atoms with Crippen LogP contribution in [-0.2, 0) is 19.9 Å². The highest BCUT2D eigenvalue weighted by Gasteiger charge is 2.08. The van der Waals surface area contributed by atoms with Gasteiger partial charge in [0.05, 0.1) is 5.69 Å². The third-order valence-electron chi connectivity index (χ3n) is 3.22. The van der Waals surface area contributed by atoms with E-state index in [0.29, 0.717) is 0 Å². The van der Waals surface area contributed by atoms with Crippen molar-refractivity contribution in [2.45, 2.75) is 32.2 Å². The lowest BCUT2D eigenvalue weighted by atomic mass is 10.0. The fourth-order valence-electron chi connectivity index (χ4n) is 2.22. The molecule has 0 aliphatic rings. The van der Waals surface area contributed by atoms with E-state index in [0.717, 1.165) is 25.0 Å². The predicted molar refractivity (Wildman–Crippen MR) is 74.4 cm³/mol. The molecule has 2 rings (SSSR count). The first-order valence-corrected chi connectivity index (χ1v) is 6.44. The minimum Gasteiger partial charge on any atom is -0.327 e. The summed E-state index contributed by atoms with van der Waals surface area (Å²) in [5, 5.41) is 4.34. The average Bonchev–Trinajstić information content (AvgIpc) is 2.67. The Labute approximate surface area is 109 Å². The summed E-state index contributed by atoms with van der Waals surface area (Å²) in [4.78, 5) is 0. The fraction of sp³-hybridized carbons (Fsp3) is 0.400. The summed E-state index contributed by atoms with van der Waals surface area (Å²) >= 11 is 0. The molecule has 0 saturated carbocycles. The largest absolute Gasteiger partial charge is 0.327 e. The van der Waals surface area contributed by atoms with Crippen molar-refractivity contribution < 1.29 is 0 Å². The molecule has 0 aliphatic carbocycles. The van der Waals surface area contributed by atoms with Gasteiger partial charge < -0.3 is 5.73 Å². The first-order valence-electron chi connectivity index (χ1n) is 6.44. The number of rotatable bonds is 5. The zero-order chi connectivity index (χ0) is 13.0. The molecule has 96 valence electrons. The van der Waals surface area contributed by atoms with Gasteiger partial charge >= 0.3 is 0 Å². The zero-order valence-corrected chi connectivity index (χ0v) is 11.1. The van der Waals surface area contributed by atoms with E-state index in [1.54, 1.807) is 0 Å². The van der Waals surface area contributed by atoms with E-state index in [1.807, 2.05) is 24.7 Å². The van der Waals surface area contributed by atoms with Crippen LogP contribution in [0.4, 0.5) is 0 Å². The van der Waals surface area contributed by atoms with Crippen molar-refractivity contribution in [2.24, 2.45) is 12.8 Å². The number of nitrogens with zero attached hydrogens (tertiary/aromatic N) is 2. The van der Waals surface area contributed by atoms with Gasteiger partial charge in [-0.25, -0.2) is 0 Å². The van der Waals surface area contributed by atoms with Crippen LogP contribution in [0.3, 0.4) is 0 Å². The molecule has 0 aliphatic heterocycles. The molecule has 1 aromatic heterocycles. The average molecular weight is 243 g/mol. The van der Waals surface area contributed by atoms with E-state index in [2.05, 4.69) is 35.4 Å². The number of aromatic nitrogens is 2. The molecule has 0 fully saturated rings. The Kier molecular flexibility index (Phi) is 4.15. The maximum Gasteiger partial charge on any atom is 0.0596 e. The molecule has 3 heteroatoms. The highest BCUT2D eigenvalue weighted by atomic mass is 15.3. The Balaban J connectivity index is 1.86. The minimum absolute atomic E-state index is 0.194. The Hall–Kier alpha value is -1.61. The molecular weight excluding hydrogens is 222 g/mol. The SMILES string of the molecule is Cc1cc(CC(N)CCc2ccccc2)n(C)n1. The molecule has 2 N–H and O–H groups in total. The van der Waals surface area contributed by atoms with Crippen molar-refractivity contribution in [1.29, 1.82) is 0 Å². The predicted octanol–water partition coefficient (Wildman–Crippen LogP) is 2.23. The smallest absolute Gasteiger partial charge is 0.0596 e. The third-order valence-corrected chi connectivity index (χ3v) is 3.22. The molecule has 0 bridgehead atoms. The van der Waals surface area contributed by atoms with Crippen LogP contribution in [0.2, 0.25) is 0 Å². The molecule has 2 aromatic rings. The number of benzene rings is 1. The van der Waals surface area contributed by atoms with Gasteiger partial charge in [-0.15, -0.1) is 0 Å². The maximum absolute atomic E-state index is 6.19. The van der Waals surface area contributed by atoms with Crippen LogP contribution < -0.4 is 5.73 Å². The van der Waals surface area contributed by atoms with E-state index < -0.39 is 0 Å². The first kappa shape index (κ1) is 12.8. The van der Waals surface area contributed by atoms with Crippen molar-refractivity contribution in [3.05, 3.63) is 53.3 Å². The van der Waals surface area contributed by atoms with Gasteiger partial charge in [0.1, 0.15) is 0 Å². The monoisotopic (exact) mass is 243 g/mol. The van der Waals surface area contributed by atoms with Crippen LogP contribution in [-0.4, -0.2) is 15.8 Å². The highest BCUT2D eigenvalue weighted by molar-refractivity contribution is 5.15. The summed E-state index contributed by atoms with van der Waals surface area (Å²) in [5.74, 6) is 0. The minimum atomic E-state index is 0.194. The van der Waals surface area contributed by atoms with Gasteiger partial charge in [-0.2, -0.15) is 5.10 Å². The summed E-state index contributed by atoms with van der Waals surface area (Å²) < 4.78 is 1.93. The number of nitrogens with two attached hydrogens (primary N) is 1. The summed E-state index contributed by atoms with van der Waals surface area (Å²) in [5.41, 5.74) is 9.82. The molecular formula is C15H21N3. The second kappa shape index (κ2) is 5.83. The second-order valence-electron chi connectivity index (χ2n) is 4.89. The van der Waals surface area contributed by atoms with Gasteiger partial charge in [0, 0.05) is 25.2 Å². The first-order chi connectivity index (χ1) is 8.65. The van der Waals surface area contributed by atoms with Gasteiger partial charge in [-0.1, -0.05) is 30.3 Å². The van der Waals surface area contributed by atoms with E-state index in [4.69, 9.17) is 5.73 Å². The van der Waals surface area contributed by atoms with Crippen molar-refractivity contribution in [3.8, 4) is 0 Å². The molecule has 0 spiro atoms. The number of hydrogen-bond acceptors (Lipinski definition) is 2. The molecule has 3 nitrogen and oxygen atoms in total. The number of hydrogen-bond donors (Lipinski definition) is 1. The van der Waals surface area contributed by atoms with E-state index in [9.17, 15) is 0 Å². The lowest BCUT2D eigenvalue weighted by molar-refractivity contribution is 0.578. The van der Waals surface area contributed by atoms with Gasteiger partial charge in [0.2, 0.25) is 0 Å². The van der Waals surface area contributed by atoms with Crippen molar-refractivity contribution in [2.75, 3.05) is 0 Å². The normalized spacial score (nSPS) is 12.6. The van der Waals surface area contributed by atoms with E-state index in [-0.39, 0.29) is 6.04 Å². The quantitative estimate of drug-likeness (QED) is 0.875. The van der Waals surface area contributed by atoms with Crippen LogP contribution in [0.1, 0.15) is 23.4 Å². The molecule has 1 atom stereocenters. The molecule has 0 saturated heterocycles. The molecule has 1 unspecified atom stereocenters. The molecule has 0 radical (unpaired) electrons. The van der Waals surface area contributed by atoms with Crippen molar-refractivity contribution >= 4 is 0 Å². The topological polar surface area (TPSA) is 43.8 Å². The fourth-order valence-corrected chi connectivity index (χ4v) is 2.22. The number of aryl methyl sites for hydroxylation is 3. The second-order valence-corrected chi connectivity index (χ2v) is 4.89. The molecule has 1 heterocycles. The summed E-state index contributed by atoms with van der Waals surface area (Å²) in [6.07, 6.45) is 2.94. The van der Waals surface area contributed by atoms with Gasteiger partial charge in [-0.05, 0) is 31.4 Å². The van der Waals surface area contributed by atoms with Crippen LogP contribution in [0.5, 0.6) is 0 Å². The van der Waals surface area contributed by atoms with E-state index >= 15 is 0 Å². The van der Waals surface area contributed by atoms with Crippen LogP contribution >= 0.6 is 0 Å². The van der Waals surface area contributed by atoms with Gasteiger partial charge in [0.25, 0.3) is 0 Å². The molecule has 0 amide bonds. The lowest BCUT2D eigenvalue weighted by Crippen LogP contribution is -2.24. The Morgan fingerprint density at radius 1 is 1.28 bits per heavy atom. The van der Waals surface area contributed by atoms with Gasteiger partial charge in [0.15, 0.2) is 0 Å². The third kappa shape index (κ3) is 3.44. The van der Waals surface area contributed by atoms with Crippen LogP contribution in [0, 0.1) is 6.92 Å². The Morgan fingerprint density at radius 2 is 2.00 bits per heavy atom. The summed E-state index contributed by atoms with van der Waals surface area (Å²) in [7, 11) is 1.98. The molecule has 1 aromatic carbocycles. The summed E-state index contributed by atoms with van der Waals surface area (Å²) in [6, 6.07) is 12.8. The maximum atomic E-state index is 6.19. The van der Waals surface area contributed by atoms with E-state index in [1.165, 1.54) is 11.3 Å². The van der Waals surface area contributed by atoms with Crippen LogP contribution in [0.25, 0.3) is 0 Å². The Bertz CT molecular complexity index is 488. The van der Waals surface area contributed by atoms with Crippen molar-refractivity contribution in [3.63, 3.8) is 0 Å². The van der Waals surface area contributed by atoms with Gasteiger partial charge in [-0.3, -0.25) is 4.68 Å². The summed E-state index contributed by atoms with van der Waals surface area (Å²) in [6.45, 7) is 2.01. The standard InChI is InChI=1S/C15H21N3/c1-12-10-15(18(2)17-12)11-14(16)9-8-13-6-4-3-5-7-13/h3-7,10,14H,8-9,11,16H2,1-2H3. The highest BCUT2D eigenvalue weighted by Crippen LogP contribution is 2.09. The Morgan fingerprint density at radius 3 is 2.61 bits per heavy atom. The zero-order valence-electron chi connectivity index (χ0n) is 11.1. The molecule has 18 heavy (non-hydrogen) atoms. The van der Waals surface area contributed by atoms with Crippen molar-refractivity contribution in [1.82, 2.24) is 9.78 Å². The lowest BCUT2D eigenvalue weighted by Gasteiger charge is -2.11.